The molecule has 3 N–H and O–H groups in total. The van der Waals surface area contributed by atoms with Gasteiger partial charge in [0.1, 0.15) is 11.4 Å². The van der Waals surface area contributed by atoms with Gasteiger partial charge < -0.3 is 5.73 Å². The Morgan fingerprint density at radius 1 is 1.00 bits per heavy atom. The molecule has 0 saturated heterocycles. The van der Waals surface area contributed by atoms with Crippen molar-refractivity contribution >= 4 is 5.91 Å². The van der Waals surface area contributed by atoms with Crippen LogP contribution in [0.4, 0.5) is 4.39 Å². The number of carbonyl (C=O) groups is 1. The second-order valence-corrected chi connectivity index (χ2v) is 6.67. The van der Waals surface area contributed by atoms with Crippen LogP contribution in [0.5, 0.6) is 0 Å². The largest absolute Gasteiger partial charge is 0.368 e. The Morgan fingerprint density at radius 3 is 2.50 bits per heavy atom. The van der Waals surface area contributed by atoms with Crippen LogP contribution in [0.25, 0.3) is 0 Å². The molecule has 28 heavy (non-hydrogen) atoms. The number of nitrogens with zero attached hydrogens (tertiary/aromatic N) is 2. The number of aryl methyl sites for hydroxylation is 1. The number of hydrogen-bond acceptors (Lipinski definition) is 4. The summed E-state index contributed by atoms with van der Waals surface area (Å²) in [7, 11) is 0. The number of benzene rings is 1. The molecule has 0 saturated carbocycles. The molecule has 0 aliphatic heterocycles. The monoisotopic (exact) mass is 378 g/mol. The molecule has 1 amide bonds. The molecule has 1 atom stereocenters. The van der Waals surface area contributed by atoms with Crippen LogP contribution in [-0.4, -0.2) is 22.4 Å². The Hall–Kier alpha value is -3.12. The minimum absolute atomic E-state index is 0.402. The van der Waals surface area contributed by atoms with Crippen molar-refractivity contribution in [2.75, 3.05) is 6.54 Å². The van der Waals surface area contributed by atoms with Crippen LogP contribution in [-0.2, 0) is 23.2 Å². The standard InChI is InChI=1S/C22H23FN4O/c23-20-5-1-4-19(15-20)22(21(24)28,10-6-17-7-12-25-13-8-17)27-14-9-18-3-2-11-26-16-18/h1-5,7-8,11-13,15-16,27H,6,9-10,14H2,(H2,24,28). The van der Waals surface area contributed by atoms with Gasteiger partial charge in [0, 0.05) is 31.3 Å². The fourth-order valence-corrected chi connectivity index (χ4v) is 3.29. The zero-order valence-corrected chi connectivity index (χ0v) is 15.5. The van der Waals surface area contributed by atoms with E-state index in [0.29, 0.717) is 31.4 Å². The van der Waals surface area contributed by atoms with Gasteiger partial charge in [0.2, 0.25) is 5.91 Å². The summed E-state index contributed by atoms with van der Waals surface area (Å²) in [6, 6.07) is 13.7. The first-order valence-electron chi connectivity index (χ1n) is 9.19. The van der Waals surface area contributed by atoms with Crippen molar-refractivity contribution in [1.82, 2.24) is 15.3 Å². The molecule has 3 aromatic rings. The maximum atomic E-state index is 13.9. The second-order valence-electron chi connectivity index (χ2n) is 6.67. The van der Waals surface area contributed by atoms with Crippen LogP contribution in [0.1, 0.15) is 23.1 Å². The van der Waals surface area contributed by atoms with E-state index in [9.17, 15) is 9.18 Å². The number of nitrogens with two attached hydrogens (primary N) is 1. The quantitative estimate of drug-likeness (QED) is 0.600. The smallest absolute Gasteiger partial charge is 0.242 e. The molecule has 6 heteroatoms. The maximum Gasteiger partial charge on any atom is 0.242 e. The summed E-state index contributed by atoms with van der Waals surface area (Å²) in [6.45, 7) is 0.501. The molecule has 0 aliphatic carbocycles. The van der Waals surface area contributed by atoms with Crippen LogP contribution >= 0.6 is 0 Å². The SMILES string of the molecule is NC(=O)C(CCc1ccncc1)(NCCc1cccnc1)c1cccc(F)c1. The number of primary amides is 1. The van der Waals surface area contributed by atoms with E-state index in [2.05, 4.69) is 15.3 Å². The van der Waals surface area contributed by atoms with Crippen LogP contribution in [0.3, 0.4) is 0 Å². The van der Waals surface area contributed by atoms with Gasteiger partial charge in [-0.05, 0) is 66.3 Å². The first kappa shape index (κ1) is 19.6. The van der Waals surface area contributed by atoms with E-state index in [1.54, 1.807) is 36.9 Å². The van der Waals surface area contributed by atoms with Gasteiger partial charge in [0.25, 0.3) is 0 Å². The highest BCUT2D eigenvalue weighted by molar-refractivity contribution is 5.86. The van der Waals surface area contributed by atoms with E-state index in [-0.39, 0.29) is 0 Å². The van der Waals surface area contributed by atoms with Crippen molar-refractivity contribution < 1.29 is 9.18 Å². The molecular formula is C22H23FN4O. The molecule has 0 aliphatic rings. The minimum atomic E-state index is -1.17. The predicted octanol–water partition coefficient (Wildman–Crippen LogP) is 2.76. The maximum absolute atomic E-state index is 13.9. The fourth-order valence-electron chi connectivity index (χ4n) is 3.29. The van der Waals surface area contributed by atoms with E-state index in [4.69, 9.17) is 5.73 Å². The third kappa shape index (κ3) is 4.78. The summed E-state index contributed by atoms with van der Waals surface area (Å²) in [6.07, 6.45) is 8.59. The third-order valence-electron chi connectivity index (χ3n) is 4.84. The Morgan fingerprint density at radius 2 is 1.82 bits per heavy atom. The molecule has 0 spiro atoms. The summed E-state index contributed by atoms with van der Waals surface area (Å²) in [5, 5.41) is 3.31. The number of pyridine rings is 2. The van der Waals surface area contributed by atoms with Gasteiger partial charge in [-0.2, -0.15) is 0 Å². The van der Waals surface area contributed by atoms with Gasteiger partial charge in [0.15, 0.2) is 0 Å². The normalized spacial score (nSPS) is 13.0. The van der Waals surface area contributed by atoms with Crippen LogP contribution in [0.2, 0.25) is 0 Å². The molecule has 3 rings (SSSR count). The first-order valence-corrected chi connectivity index (χ1v) is 9.19. The van der Waals surface area contributed by atoms with Gasteiger partial charge in [-0.3, -0.25) is 20.1 Å². The van der Waals surface area contributed by atoms with Crippen molar-refractivity contribution in [1.29, 1.82) is 0 Å². The van der Waals surface area contributed by atoms with E-state index < -0.39 is 17.3 Å². The molecule has 0 radical (unpaired) electrons. The topological polar surface area (TPSA) is 80.9 Å². The van der Waals surface area contributed by atoms with Gasteiger partial charge in [-0.1, -0.05) is 18.2 Å². The van der Waals surface area contributed by atoms with Crippen molar-refractivity contribution in [3.63, 3.8) is 0 Å². The fraction of sp³-hybridized carbons (Fsp3) is 0.227. The molecule has 1 unspecified atom stereocenters. The molecule has 0 fully saturated rings. The van der Waals surface area contributed by atoms with Crippen molar-refractivity contribution in [3.8, 4) is 0 Å². The second kappa shape index (κ2) is 9.19. The van der Waals surface area contributed by atoms with Crippen LogP contribution in [0.15, 0.2) is 73.3 Å². The summed E-state index contributed by atoms with van der Waals surface area (Å²) < 4.78 is 13.9. The van der Waals surface area contributed by atoms with Gasteiger partial charge >= 0.3 is 0 Å². The Balaban J connectivity index is 1.85. The molecule has 2 aromatic heterocycles. The van der Waals surface area contributed by atoms with Crippen molar-refractivity contribution in [3.05, 3.63) is 95.8 Å². The molecule has 0 bridgehead atoms. The van der Waals surface area contributed by atoms with E-state index in [0.717, 1.165) is 11.1 Å². The highest BCUT2D eigenvalue weighted by Gasteiger charge is 2.38. The van der Waals surface area contributed by atoms with Gasteiger partial charge in [-0.25, -0.2) is 4.39 Å². The summed E-state index contributed by atoms with van der Waals surface area (Å²) >= 11 is 0. The summed E-state index contributed by atoms with van der Waals surface area (Å²) in [4.78, 5) is 20.7. The van der Waals surface area contributed by atoms with E-state index >= 15 is 0 Å². The Labute approximate surface area is 163 Å². The molecule has 5 nitrogen and oxygen atoms in total. The zero-order chi connectivity index (χ0) is 19.8. The van der Waals surface area contributed by atoms with E-state index in [1.165, 1.54) is 12.1 Å². The Bertz CT molecular complexity index is 905. The summed E-state index contributed by atoms with van der Waals surface area (Å²) in [5.41, 5.74) is 7.28. The average molecular weight is 378 g/mol. The molecule has 1 aromatic carbocycles. The molecular weight excluding hydrogens is 355 g/mol. The first-order chi connectivity index (χ1) is 13.6. The van der Waals surface area contributed by atoms with Crippen LogP contribution < -0.4 is 11.1 Å². The lowest BCUT2D eigenvalue weighted by Crippen LogP contribution is -2.53. The minimum Gasteiger partial charge on any atom is -0.368 e. The van der Waals surface area contributed by atoms with Gasteiger partial charge in [0.05, 0.1) is 0 Å². The van der Waals surface area contributed by atoms with Crippen molar-refractivity contribution in [2.45, 2.75) is 24.8 Å². The predicted molar refractivity (Wildman–Crippen MR) is 106 cm³/mol. The third-order valence-corrected chi connectivity index (χ3v) is 4.84. The number of nitrogens with one attached hydrogen (secondary N) is 1. The van der Waals surface area contributed by atoms with E-state index in [1.807, 2.05) is 24.3 Å². The van der Waals surface area contributed by atoms with Gasteiger partial charge in [-0.15, -0.1) is 0 Å². The lowest BCUT2D eigenvalue weighted by molar-refractivity contribution is -0.125. The van der Waals surface area contributed by atoms with Crippen LogP contribution in [0, 0.1) is 5.82 Å². The summed E-state index contributed by atoms with van der Waals surface area (Å²) in [5.74, 6) is -0.931. The highest BCUT2D eigenvalue weighted by atomic mass is 19.1. The zero-order valence-electron chi connectivity index (χ0n) is 15.5. The molecule has 2 heterocycles. The lowest BCUT2D eigenvalue weighted by Gasteiger charge is -2.33. The lowest BCUT2D eigenvalue weighted by atomic mass is 9.83. The Kier molecular flexibility index (Phi) is 6.45. The number of amides is 1. The number of aromatic nitrogens is 2. The number of hydrogen-bond donors (Lipinski definition) is 2. The number of halogens is 1. The number of carbonyl (C=O) groups excluding carboxylic acids is 1. The number of rotatable bonds is 9. The molecule has 144 valence electrons. The van der Waals surface area contributed by atoms with Crippen molar-refractivity contribution in [2.24, 2.45) is 5.73 Å². The highest BCUT2D eigenvalue weighted by Crippen LogP contribution is 2.28. The average Bonchev–Trinajstić information content (AvgIpc) is 2.72.